The number of benzene rings is 1. The summed E-state index contributed by atoms with van der Waals surface area (Å²) in [6, 6.07) is 7.03. The predicted molar refractivity (Wildman–Crippen MR) is 81.2 cm³/mol. The summed E-state index contributed by atoms with van der Waals surface area (Å²) in [6.45, 7) is 2.66. The summed E-state index contributed by atoms with van der Waals surface area (Å²) in [6.07, 6.45) is 3.49. The van der Waals surface area contributed by atoms with Gasteiger partial charge in [0.2, 0.25) is 10.0 Å². The highest BCUT2D eigenvalue weighted by Crippen LogP contribution is 2.18. The maximum absolute atomic E-state index is 12.0. The van der Waals surface area contributed by atoms with Crippen molar-refractivity contribution in [3.8, 4) is 0 Å². The fourth-order valence-electron chi connectivity index (χ4n) is 1.90. The Kier molecular flexibility index (Phi) is 4.76. The minimum absolute atomic E-state index is 0.103. The predicted octanol–water partition coefficient (Wildman–Crippen LogP) is 1.51. The average molecular weight is 308 g/mol. The van der Waals surface area contributed by atoms with Crippen LogP contribution in [0.25, 0.3) is 0 Å². The fraction of sp³-hybridized carbons (Fsp3) is 0.357. The van der Waals surface area contributed by atoms with Gasteiger partial charge in [0.1, 0.15) is 5.82 Å². The van der Waals surface area contributed by atoms with E-state index in [-0.39, 0.29) is 6.04 Å². The molecule has 6 nitrogen and oxygen atoms in total. The zero-order chi connectivity index (χ0) is 15.5. The van der Waals surface area contributed by atoms with Gasteiger partial charge in [-0.25, -0.2) is 17.7 Å². The Labute approximate surface area is 125 Å². The van der Waals surface area contributed by atoms with Crippen LogP contribution < -0.4 is 5.32 Å². The van der Waals surface area contributed by atoms with Gasteiger partial charge in [-0.3, -0.25) is 0 Å². The summed E-state index contributed by atoms with van der Waals surface area (Å²) in [5.74, 6) is 0.869. The van der Waals surface area contributed by atoms with Gasteiger partial charge >= 0.3 is 0 Å². The Balaban J connectivity index is 2.05. The zero-order valence-electron chi connectivity index (χ0n) is 12.4. The lowest BCUT2D eigenvalue weighted by molar-refractivity contribution is 0.520. The first kappa shape index (κ1) is 15.7. The summed E-state index contributed by atoms with van der Waals surface area (Å²) in [5.41, 5.74) is 1.03. The third kappa shape index (κ3) is 3.69. The second-order valence-corrected chi connectivity index (χ2v) is 7.15. The van der Waals surface area contributed by atoms with Crippen LogP contribution in [0.15, 0.2) is 41.6 Å². The smallest absolute Gasteiger partial charge is 0.242 e. The third-order valence-corrected chi connectivity index (χ3v) is 5.12. The molecule has 0 fully saturated rings. The normalized spacial score (nSPS) is 13.5. The van der Waals surface area contributed by atoms with Crippen molar-refractivity contribution in [2.75, 3.05) is 14.1 Å². The highest BCUT2D eigenvalue weighted by atomic mass is 32.2. The Morgan fingerprint density at radius 2 is 1.95 bits per heavy atom. The quantitative estimate of drug-likeness (QED) is 0.848. The van der Waals surface area contributed by atoms with Crippen molar-refractivity contribution in [3.05, 3.63) is 48.0 Å². The number of rotatable bonds is 6. The van der Waals surface area contributed by atoms with E-state index >= 15 is 0 Å². The van der Waals surface area contributed by atoms with Crippen molar-refractivity contribution < 1.29 is 8.42 Å². The van der Waals surface area contributed by atoms with Crippen LogP contribution in [0.3, 0.4) is 0 Å². The van der Waals surface area contributed by atoms with Crippen molar-refractivity contribution in [2.24, 2.45) is 0 Å². The molecule has 21 heavy (non-hydrogen) atoms. The van der Waals surface area contributed by atoms with E-state index in [0.717, 1.165) is 11.4 Å². The molecule has 114 valence electrons. The summed E-state index contributed by atoms with van der Waals surface area (Å²) >= 11 is 0. The number of hydrogen-bond donors (Lipinski definition) is 2. The van der Waals surface area contributed by atoms with Gasteiger partial charge in [0.25, 0.3) is 0 Å². The monoisotopic (exact) mass is 308 g/mol. The molecule has 1 aromatic carbocycles. The van der Waals surface area contributed by atoms with Gasteiger partial charge in [0.15, 0.2) is 0 Å². The number of aromatic amines is 1. The van der Waals surface area contributed by atoms with E-state index in [9.17, 15) is 8.42 Å². The van der Waals surface area contributed by atoms with Crippen molar-refractivity contribution in [3.63, 3.8) is 0 Å². The van der Waals surface area contributed by atoms with E-state index < -0.39 is 10.0 Å². The lowest BCUT2D eigenvalue weighted by Gasteiger charge is -2.15. The molecule has 1 atom stereocenters. The molecule has 2 aromatic rings. The van der Waals surface area contributed by atoms with Gasteiger partial charge in [0.05, 0.1) is 11.4 Å². The SMILES string of the molecule is CC(NCc1ncc[nH]1)c1ccc(S(=O)(=O)N(C)C)cc1. The van der Waals surface area contributed by atoms with Crippen LogP contribution in [0, 0.1) is 0 Å². The van der Waals surface area contributed by atoms with Crippen LogP contribution in [0.4, 0.5) is 0 Å². The molecule has 1 heterocycles. The molecule has 0 aliphatic rings. The van der Waals surface area contributed by atoms with Crippen LogP contribution in [-0.2, 0) is 16.6 Å². The summed E-state index contributed by atoms with van der Waals surface area (Å²) < 4.78 is 25.2. The molecule has 7 heteroatoms. The van der Waals surface area contributed by atoms with Crippen LogP contribution in [-0.4, -0.2) is 36.8 Å². The first-order valence-corrected chi connectivity index (χ1v) is 8.09. The number of H-pyrrole nitrogens is 1. The molecule has 0 aliphatic carbocycles. The first-order valence-electron chi connectivity index (χ1n) is 6.65. The molecule has 0 amide bonds. The first-order chi connectivity index (χ1) is 9.91. The van der Waals surface area contributed by atoms with Gasteiger partial charge in [-0.15, -0.1) is 0 Å². The van der Waals surface area contributed by atoms with Gasteiger partial charge < -0.3 is 10.3 Å². The van der Waals surface area contributed by atoms with Crippen LogP contribution >= 0.6 is 0 Å². The largest absolute Gasteiger partial charge is 0.348 e. The fourth-order valence-corrected chi connectivity index (χ4v) is 2.80. The van der Waals surface area contributed by atoms with Crippen LogP contribution in [0.5, 0.6) is 0 Å². The molecule has 2 N–H and O–H groups in total. The van der Waals surface area contributed by atoms with Gasteiger partial charge in [-0.1, -0.05) is 12.1 Å². The second-order valence-electron chi connectivity index (χ2n) is 4.99. The van der Waals surface area contributed by atoms with E-state index in [0.29, 0.717) is 11.4 Å². The summed E-state index contributed by atoms with van der Waals surface area (Å²) in [4.78, 5) is 7.47. The maximum atomic E-state index is 12.0. The molecule has 0 bridgehead atoms. The Bertz CT molecular complexity index is 664. The maximum Gasteiger partial charge on any atom is 0.242 e. The topological polar surface area (TPSA) is 78.1 Å². The molecule has 0 radical (unpaired) electrons. The van der Waals surface area contributed by atoms with Gasteiger partial charge in [-0.2, -0.15) is 0 Å². The summed E-state index contributed by atoms with van der Waals surface area (Å²) in [7, 11) is -0.320. The molecule has 1 unspecified atom stereocenters. The second kappa shape index (κ2) is 6.38. The molecule has 0 saturated carbocycles. The van der Waals surface area contributed by atoms with Crippen LogP contribution in [0.1, 0.15) is 24.4 Å². The average Bonchev–Trinajstić information content (AvgIpc) is 2.98. The zero-order valence-corrected chi connectivity index (χ0v) is 13.2. The highest BCUT2D eigenvalue weighted by Gasteiger charge is 2.17. The standard InChI is InChI=1S/C14H20N4O2S/c1-11(17-10-14-15-8-9-16-14)12-4-6-13(7-5-12)21(19,20)18(2)3/h4-9,11,17H,10H2,1-3H3,(H,15,16). The Morgan fingerprint density at radius 3 is 2.48 bits per heavy atom. The molecule has 2 rings (SSSR count). The van der Waals surface area contributed by atoms with Crippen molar-refractivity contribution in [2.45, 2.75) is 24.4 Å². The van der Waals surface area contributed by atoms with Crippen molar-refractivity contribution >= 4 is 10.0 Å². The van der Waals surface area contributed by atoms with E-state index in [2.05, 4.69) is 15.3 Å². The van der Waals surface area contributed by atoms with Gasteiger partial charge in [0, 0.05) is 32.5 Å². The molecule has 0 saturated heterocycles. The summed E-state index contributed by atoms with van der Waals surface area (Å²) in [5, 5.41) is 3.33. The van der Waals surface area contributed by atoms with E-state index in [4.69, 9.17) is 0 Å². The molecular weight excluding hydrogens is 288 g/mol. The van der Waals surface area contributed by atoms with Crippen molar-refractivity contribution in [1.29, 1.82) is 0 Å². The van der Waals surface area contributed by atoms with Crippen LogP contribution in [0.2, 0.25) is 0 Å². The number of hydrogen-bond acceptors (Lipinski definition) is 4. The van der Waals surface area contributed by atoms with Gasteiger partial charge in [-0.05, 0) is 24.6 Å². The minimum Gasteiger partial charge on any atom is -0.348 e. The molecule has 0 spiro atoms. The number of nitrogens with zero attached hydrogens (tertiary/aromatic N) is 2. The third-order valence-electron chi connectivity index (χ3n) is 3.29. The lowest BCUT2D eigenvalue weighted by Crippen LogP contribution is -2.22. The number of sulfonamides is 1. The highest BCUT2D eigenvalue weighted by molar-refractivity contribution is 7.89. The number of nitrogens with one attached hydrogen (secondary N) is 2. The number of aromatic nitrogens is 2. The van der Waals surface area contributed by atoms with E-state index in [1.54, 1.807) is 24.5 Å². The molecular formula is C14H20N4O2S. The van der Waals surface area contributed by atoms with Crippen molar-refractivity contribution in [1.82, 2.24) is 19.6 Å². The Hall–Kier alpha value is -1.70. The minimum atomic E-state index is -3.37. The molecule has 1 aromatic heterocycles. The molecule has 0 aliphatic heterocycles. The lowest BCUT2D eigenvalue weighted by atomic mass is 10.1. The number of imidazole rings is 1. The van der Waals surface area contributed by atoms with E-state index in [1.807, 2.05) is 19.1 Å². The Morgan fingerprint density at radius 1 is 1.29 bits per heavy atom. The van der Waals surface area contributed by atoms with E-state index in [1.165, 1.54) is 18.4 Å².